The van der Waals surface area contributed by atoms with Crippen LogP contribution < -0.4 is 10.3 Å². The Bertz CT molecular complexity index is 1200. The van der Waals surface area contributed by atoms with Crippen molar-refractivity contribution < 1.29 is 4.74 Å². The molecule has 0 radical (unpaired) electrons. The van der Waals surface area contributed by atoms with Crippen molar-refractivity contribution in [2.24, 2.45) is 0 Å². The van der Waals surface area contributed by atoms with E-state index in [1.54, 1.807) is 4.57 Å². The number of fused-ring (bicyclic) bond motifs is 1. The van der Waals surface area contributed by atoms with Gasteiger partial charge in [0.2, 0.25) is 0 Å². The molecule has 3 aromatic carbocycles. The number of hydrogen-bond donors (Lipinski definition) is 0. The highest BCUT2D eigenvalue weighted by molar-refractivity contribution is 7.99. The average Bonchev–Trinajstić information content (AvgIpc) is 2.74. The van der Waals surface area contributed by atoms with E-state index in [2.05, 4.69) is 19.9 Å². The molecule has 0 bridgehead atoms. The third kappa shape index (κ3) is 4.20. The smallest absolute Gasteiger partial charge is 0.266 e. The van der Waals surface area contributed by atoms with Crippen LogP contribution in [0.15, 0.2) is 82.7 Å². The van der Waals surface area contributed by atoms with Crippen LogP contribution in [0.5, 0.6) is 5.75 Å². The van der Waals surface area contributed by atoms with Gasteiger partial charge < -0.3 is 4.74 Å². The van der Waals surface area contributed by atoms with Crippen molar-refractivity contribution in [1.29, 1.82) is 0 Å². The quantitative estimate of drug-likeness (QED) is 0.253. The van der Waals surface area contributed by atoms with Crippen LogP contribution in [0, 0.1) is 13.8 Å². The van der Waals surface area contributed by atoms with Crippen LogP contribution in [0.25, 0.3) is 16.6 Å². The van der Waals surface area contributed by atoms with Gasteiger partial charge >= 0.3 is 0 Å². The summed E-state index contributed by atoms with van der Waals surface area (Å²) in [6.07, 6.45) is 0. The molecule has 0 spiro atoms. The van der Waals surface area contributed by atoms with E-state index >= 15 is 0 Å². The normalized spacial score (nSPS) is 11.0. The topological polar surface area (TPSA) is 44.1 Å². The molecule has 0 saturated heterocycles. The van der Waals surface area contributed by atoms with E-state index in [1.165, 1.54) is 22.9 Å². The minimum absolute atomic E-state index is 0.0561. The molecule has 1 heterocycles. The van der Waals surface area contributed by atoms with Crippen molar-refractivity contribution in [2.45, 2.75) is 19.0 Å². The van der Waals surface area contributed by atoms with Gasteiger partial charge in [-0.05, 0) is 61.4 Å². The molecule has 4 aromatic rings. The summed E-state index contributed by atoms with van der Waals surface area (Å²) in [7, 11) is 0. The van der Waals surface area contributed by atoms with E-state index in [0.29, 0.717) is 28.4 Å². The zero-order valence-corrected chi connectivity index (χ0v) is 17.3. The molecule has 0 amide bonds. The highest BCUT2D eigenvalue weighted by Gasteiger charge is 2.13. The van der Waals surface area contributed by atoms with E-state index < -0.39 is 0 Å². The van der Waals surface area contributed by atoms with Crippen LogP contribution in [-0.4, -0.2) is 21.9 Å². The molecule has 1 aromatic heterocycles. The van der Waals surface area contributed by atoms with Gasteiger partial charge in [-0.2, -0.15) is 0 Å². The fourth-order valence-corrected chi connectivity index (χ4v) is 3.94. The fraction of sp³-hybridized carbons (Fsp3) is 0.167. The number of nitrogens with zero attached hydrogens (tertiary/aromatic N) is 2. The van der Waals surface area contributed by atoms with Gasteiger partial charge in [0.15, 0.2) is 5.16 Å². The first-order valence-corrected chi connectivity index (χ1v) is 10.5. The zero-order valence-electron chi connectivity index (χ0n) is 16.5. The third-order valence-corrected chi connectivity index (χ3v) is 5.72. The molecular formula is C24H22N2O2S. The summed E-state index contributed by atoms with van der Waals surface area (Å²) in [4.78, 5) is 17.9. The maximum atomic E-state index is 13.2. The Kier molecular flexibility index (Phi) is 5.67. The van der Waals surface area contributed by atoms with Gasteiger partial charge in [-0.15, -0.1) is 0 Å². The lowest BCUT2D eigenvalue weighted by molar-refractivity contribution is 0.343. The van der Waals surface area contributed by atoms with Gasteiger partial charge in [-0.25, -0.2) is 4.98 Å². The Morgan fingerprint density at radius 3 is 2.48 bits per heavy atom. The molecule has 5 heteroatoms. The molecule has 0 saturated carbocycles. The highest BCUT2D eigenvalue weighted by Crippen LogP contribution is 2.22. The van der Waals surface area contributed by atoms with E-state index in [-0.39, 0.29) is 5.56 Å². The van der Waals surface area contributed by atoms with Gasteiger partial charge in [0, 0.05) is 5.75 Å². The molecule has 0 unspecified atom stereocenters. The highest BCUT2D eigenvalue weighted by atomic mass is 32.2. The van der Waals surface area contributed by atoms with E-state index in [4.69, 9.17) is 9.72 Å². The number of thioether (sulfide) groups is 1. The van der Waals surface area contributed by atoms with Crippen LogP contribution in [0.1, 0.15) is 11.1 Å². The lowest BCUT2D eigenvalue weighted by Gasteiger charge is -2.13. The largest absolute Gasteiger partial charge is 0.493 e. The summed E-state index contributed by atoms with van der Waals surface area (Å²) < 4.78 is 7.57. The summed E-state index contributed by atoms with van der Waals surface area (Å²) in [6, 6.07) is 23.2. The van der Waals surface area contributed by atoms with Crippen LogP contribution in [0.3, 0.4) is 0 Å². The predicted octanol–water partition coefficient (Wildman–Crippen LogP) is 5.17. The van der Waals surface area contributed by atoms with E-state index in [9.17, 15) is 4.79 Å². The molecule has 0 fully saturated rings. The molecule has 29 heavy (non-hydrogen) atoms. The van der Waals surface area contributed by atoms with E-state index in [0.717, 1.165) is 11.4 Å². The maximum Gasteiger partial charge on any atom is 0.266 e. The van der Waals surface area contributed by atoms with Crippen LogP contribution >= 0.6 is 11.8 Å². The second kappa shape index (κ2) is 8.53. The SMILES string of the molecule is Cc1ccc(OCCSc2nc3ccccc3c(=O)n2-c2ccccc2)cc1C. The average molecular weight is 403 g/mol. The molecule has 0 aliphatic carbocycles. The number of benzene rings is 3. The predicted molar refractivity (Wildman–Crippen MR) is 119 cm³/mol. The molecular weight excluding hydrogens is 380 g/mol. The van der Waals surface area contributed by atoms with Gasteiger partial charge in [0.1, 0.15) is 5.75 Å². The number of rotatable bonds is 6. The van der Waals surface area contributed by atoms with Crippen molar-refractivity contribution in [3.05, 3.63) is 94.3 Å². The molecule has 4 nitrogen and oxygen atoms in total. The second-order valence-corrected chi connectivity index (χ2v) is 7.89. The molecule has 146 valence electrons. The lowest BCUT2D eigenvalue weighted by atomic mass is 10.1. The summed E-state index contributed by atoms with van der Waals surface area (Å²) in [6.45, 7) is 4.70. The molecule has 0 atom stereocenters. The Morgan fingerprint density at radius 1 is 0.931 bits per heavy atom. The van der Waals surface area contributed by atoms with Crippen molar-refractivity contribution in [3.63, 3.8) is 0 Å². The first kappa shape index (κ1) is 19.3. The Balaban J connectivity index is 1.59. The van der Waals surface area contributed by atoms with Crippen molar-refractivity contribution >= 4 is 22.7 Å². The van der Waals surface area contributed by atoms with Crippen molar-refractivity contribution in [3.8, 4) is 11.4 Å². The third-order valence-electron chi connectivity index (χ3n) is 4.82. The van der Waals surface area contributed by atoms with Crippen LogP contribution in [-0.2, 0) is 0 Å². The van der Waals surface area contributed by atoms with Crippen molar-refractivity contribution in [1.82, 2.24) is 9.55 Å². The first-order valence-electron chi connectivity index (χ1n) is 9.53. The maximum absolute atomic E-state index is 13.2. The number of aromatic nitrogens is 2. The number of hydrogen-bond acceptors (Lipinski definition) is 4. The Morgan fingerprint density at radius 2 is 1.69 bits per heavy atom. The Labute approximate surface area is 174 Å². The molecule has 0 aliphatic heterocycles. The monoisotopic (exact) mass is 402 g/mol. The van der Waals surface area contributed by atoms with Crippen LogP contribution in [0.4, 0.5) is 0 Å². The minimum Gasteiger partial charge on any atom is -0.493 e. The minimum atomic E-state index is -0.0561. The van der Waals surface area contributed by atoms with Gasteiger partial charge in [0.25, 0.3) is 5.56 Å². The summed E-state index contributed by atoms with van der Waals surface area (Å²) >= 11 is 1.52. The Hall–Kier alpha value is -3.05. The zero-order chi connectivity index (χ0) is 20.2. The summed E-state index contributed by atoms with van der Waals surface area (Å²) in [5, 5.41) is 1.29. The second-order valence-electron chi connectivity index (χ2n) is 6.83. The van der Waals surface area contributed by atoms with Gasteiger partial charge in [-0.1, -0.05) is 48.2 Å². The fourth-order valence-electron chi connectivity index (χ4n) is 3.11. The molecule has 0 N–H and O–H groups in total. The van der Waals surface area contributed by atoms with Gasteiger partial charge in [0.05, 0.1) is 23.2 Å². The number of ether oxygens (including phenoxy) is 1. The molecule has 0 aliphatic rings. The summed E-state index contributed by atoms with van der Waals surface area (Å²) in [5.41, 5.74) is 3.93. The van der Waals surface area contributed by atoms with Gasteiger partial charge in [-0.3, -0.25) is 9.36 Å². The standard InChI is InChI=1S/C24H22N2O2S/c1-17-12-13-20(16-18(17)2)28-14-15-29-24-25-22-11-7-6-10-21(22)23(27)26(24)19-8-4-3-5-9-19/h3-13,16H,14-15H2,1-2H3. The number of aryl methyl sites for hydroxylation is 2. The summed E-state index contributed by atoms with van der Waals surface area (Å²) in [5.74, 6) is 1.55. The lowest BCUT2D eigenvalue weighted by Crippen LogP contribution is -2.22. The van der Waals surface area contributed by atoms with Crippen LogP contribution in [0.2, 0.25) is 0 Å². The van der Waals surface area contributed by atoms with Crippen molar-refractivity contribution in [2.75, 3.05) is 12.4 Å². The van der Waals surface area contributed by atoms with E-state index in [1.807, 2.05) is 66.7 Å². The first-order chi connectivity index (χ1) is 14.1. The number of para-hydroxylation sites is 2. The molecule has 4 rings (SSSR count).